The molecule has 0 N–H and O–H groups in total. The average Bonchev–Trinajstić information content (AvgIpc) is 3.05. The summed E-state index contributed by atoms with van der Waals surface area (Å²) < 4.78 is 250. The lowest BCUT2D eigenvalue weighted by Crippen LogP contribution is -2.75. The fourth-order valence-corrected chi connectivity index (χ4v) is 6.50. The Balaban J connectivity index is 0.000000371. The molecule has 53 heavy (non-hydrogen) atoms. The van der Waals surface area contributed by atoms with E-state index in [-0.39, 0.29) is 10.9 Å². The molecular formula is C30H23F17O4S2. The Morgan fingerprint density at radius 2 is 0.906 bits per heavy atom. The van der Waals surface area contributed by atoms with Crippen molar-refractivity contribution in [2.75, 3.05) is 6.61 Å². The Hall–Kier alpha value is -3.47. The van der Waals surface area contributed by atoms with Crippen LogP contribution in [0.3, 0.4) is 0 Å². The van der Waals surface area contributed by atoms with Crippen LogP contribution in [0, 0.1) is 0 Å². The highest BCUT2D eigenvalue weighted by Crippen LogP contribution is 2.64. The molecule has 0 unspecified atom stereocenters. The van der Waals surface area contributed by atoms with Gasteiger partial charge in [0.2, 0.25) is 4.90 Å². The van der Waals surface area contributed by atoms with Crippen LogP contribution in [0.1, 0.15) is 19.8 Å². The van der Waals surface area contributed by atoms with Gasteiger partial charge >= 0.3 is 47.0 Å². The van der Waals surface area contributed by atoms with Crippen molar-refractivity contribution >= 4 is 21.0 Å². The molecule has 0 saturated heterocycles. The van der Waals surface area contributed by atoms with Crippen LogP contribution >= 0.6 is 0 Å². The SMILES string of the molecule is CCCCOc1ccccc1[S+](c1ccccc1)c1ccccc1.O=S(=O)([O-])C(F)(F)C(F)(F)C(F)(F)C(F)(F)C(F)(F)C(F)(F)C(F)(F)C(F)(F)F. The van der Waals surface area contributed by atoms with Gasteiger partial charge in [-0.1, -0.05) is 61.9 Å². The number of benzene rings is 3. The van der Waals surface area contributed by atoms with Crippen LogP contribution in [0.25, 0.3) is 0 Å². The van der Waals surface area contributed by atoms with E-state index in [9.17, 15) is 87.6 Å². The summed E-state index contributed by atoms with van der Waals surface area (Å²) in [5, 5.41) is -7.95. The molecule has 3 rings (SSSR count). The fraction of sp³-hybridized carbons (Fsp3) is 0.400. The number of hydrogen-bond donors (Lipinski definition) is 0. The highest BCUT2D eigenvalue weighted by Gasteiger charge is 2.95. The molecule has 0 amide bonds. The molecule has 0 heterocycles. The van der Waals surface area contributed by atoms with Crippen molar-refractivity contribution in [1.82, 2.24) is 0 Å². The van der Waals surface area contributed by atoms with Gasteiger partial charge in [-0.2, -0.15) is 74.6 Å². The minimum Gasteiger partial charge on any atom is -0.743 e. The molecule has 0 bridgehead atoms. The van der Waals surface area contributed by atoms with E-state index in [1.165, 1.54) is 14.7 Å². The van der Waals surface area contributed by atoms with E-state index in [1.807, 2.05) is 0 Å². The lowest BCUT2D eigenvalue weighted by molar-refractivity contribution is -0.458. The van der Waals surface area contributed by atoms with E-state index < -0.39 is 57.1 Å². The monoisotopic (exact) mass is 834 g/mol. The first-order chi connectivity index (χ1) is 23.9. The molecule has 3 aromatic carbocycles. The minimum atomic E-state index is -8.92. The molecule has 0 radical (unpaired) electrons. The third-order valence-corrected chi connectivity index (χ3v) is 9.94. The summed E-state index contributed by atoms with van der Waals surface area (Å²) in [4.78, 5) is 3.89. The third-order valence-electron chi connectivity index (χ3n) is 6.79. The second-order valence-electron chi connectivity index (χ2n) is 10.5. The van der Waals surface area contributed by atoms with Gasteiger partial charge < -0.3 is 9.29 Å². The number of ether oxygens (including phenoxy) is 1. The highest BCUT2D eigenvalue weighted by atomic mass is 32.2. The minimum absolute atomic E-state index is 0.157. The lowest BCUT2D eigenvalue weighted by atomic mass is 9.91. The largest absolute Gasteiger partial charge is 0.743 e. The quantitative estimate of drug-likeness (QED) is 0.0702. The van der Waals surface area contributed by atoms with Crippen molar-refractivity contribution in [2.45, 2.75) is 81.4 Å². The van der Waals surface area contributed by atoms with E-state index >= 15 is 0 Å². The maximum atomic E-state index is 13.0. The summed E-state index contributed by atoms with van der Waals surface area (Å²) in [6.07, 6.45) is -5.67. The normalized spacial score (nSPS) is 14.1. The van der Waals surface area contributed by atoms with Crippen molar-refractivity contribution in [1.29, 1.82) is 0 Å². The van der Waals surface area contributed by atoms with Gasteiger partial charge in [0.15, 0.2) is 25.7 Å². The van der Waals surface area contributed by atoms with Crippen molar-refractivity contribution in [3.05, 3.63) is 84.9 Å². The Bertz CT molecular complexity index is 1710. The van der Waals surface area contributed by atoms with Gasteiger partial charge in [-0.25, -0.2) is 8.42 Å². The van der Waals surface area contributed by atoms with Gasteiger partial charge in [-0.3, -0.25) is 0 Å². The van der Waals surface area contributed by atoms with Crippen LogP contribution in [0.5, 0.6) is 5.75 Å². The van der Waals surface area contributed by atoms with Crippen molar-refractivity contribution in [3.63, 3.8) is 0 Å². The molecule has 0 spiro atoms. The molecule has 0 atom stereocenters. The van der Waals surface area contributed by atoms with Gasteiger partial charge in [0.1, 0.15) is 10.9 Å². The molecular weight excluding hydrogens is 811 g/mol. The van der Waals surface area contributed by atoms with Gasteiger partial charge in [0, 0.05) is 0 Å². The molecule has 23 heteroatoms. The van der Waals surface area contributed by atoms with Gasteiger partial charge in [0.25, 0.3) is 0 Å². The maximum Gasteiger partial charge on any atom is 0.460 e. The summed E-state index contributed by atoms with van der Waals surface area (Å²) in [5.74, 6) is -51.1. The molecule has 0 saturated carbocycles. The Kier molecular flexibility index (Phi) is 13.5. The van der Waals surface area contributed by atoms with E-state index in [0.717, 1.165) is 25.2 Å². The predicted molar refractivity (Wildman–Crippen MR) is 152 cm³/mol. The molecule has 0 aliphatic rings. The lowest BCUT2D eigenvalue weighted by Gasteiger charge is -2.42. The fourth-order valence-electron chi connectivity index (χ4n) is 3.87. The highest BCUT2D eigenvalue weighted by molar-refractivity contribution is 7.97. The molecule has 0 aliphatic carbocycles. The zero-order chi connectivity index (χ0) is 41.1. The third kappa shape index (κ3) is 8.30. The second-order valence-corrected chi connectivity index (χ2v) is 13.9. The Morgan fingerprint density at radius 1 is 0.547 bits per heavy atom. The van der Waals surface area contributed by atoms with Gasteiger partial charge in [-0.15, -0.1) is 0 Å². The standard InChI is InChI=1S/C22H23OS.C8HF17O3S/c1-2-3-18-23-21-16-10-11-17-22(21)24(19-12-6-4-7-13-19)20-14-8-5-9-15-20;9-1(10,3(13,14)5(17,18)7(21,22)23)2(11,12)4(15,16)6(19,20)8(24,25)29(26,27)28/h4-17H,2-3,18H2,1H3;(H,26,27,28)/q+1;/p-1. The molecule has 3 aromatic rings. The first-order valence-corrected chi connectivity index (χ1v) is 16.8. The van der Waals surface area contributed by atoms with Crippen molar-refractivity contribution < 1.29 is 92.3 Å². The molecule has 0 aliphatic heterocycles. The summed E-state index contributed by atoms with van der Waals surface area (Å²) in [5.41, 5.74) is 0. The van der Waals surface area contributed by atoms with E-state index in [2.05, 4.69) is 91.9 Å². The van der Waals surface area contributed by atoms with Gasteiger partial charge in [-0.05, 0) is 42.8 Å². The number of alkyl halides is 17. The molecule has 0 aromatic heterocycles. The van der Waals surface area contributed by atoms with Crippen molar-refractivity contribution in [3.8, 4) is 5.75 Å². The van der Waals surface area contributed by atoms with Gasteiger partial charge in [0.05, 0.1) is 6.61 Å². The number of halogens is 17. The molecule has 298 valence electrons. The number of hydrogen-bond acceptors (Lipinski definition) is 4. The molecule has 4 nitrogen and oxygen atoms in total. The number of para-hydroxylation sites is 1. The average molecular weight is 835 g/mol. The summed E-state index contributed by atoms with van der Waals surface area (Å²) in [6, 6.07) is 29.9. The first-order valence-electron chi connectivity index (χ1n) is 14.1. The maximum absolute atomic E-state index is 13.0. The van der Waals surface area contributed by atoms with E-state index in [0.29, 0.717) is 0 Å². The van der Waals surface area contributed by atoms with Crippen LogP contribution in [0.4, 0.5) is 74.6 Å². The topological polar surface area (TPSA) is 66.4 Å². The van der Waals surface area contributed by atoms with Crippen LogP contribution < -0.4 is 4.74 Å². The van der Waals surface area contributed by atoms with Crippen LogP contribution in [-0.4, -0.2) is 66.5 Å². The first kappa shape index (κ1) is 45.7. The summed E-state index contributed by atoms with van der Waals surface area (Å²) in [7, 11) is -8.30. The zero-order valence-corrected chi connectivity index (χ0v) is 27.7. The number of rotatable bonds is 14. The smallest absolute Gasteiger partial charge is 0.460 e. The Morgan fingerprint density at radius 3 is 1.28 bits per heavy atom. The number of unbranched alkanes of at least 4 members (excludes halogenated alkanes) is 1. The summed E-state index contributed by atoms with van der Waals surface area (Å²) in [6.45, 7) is 2.96. The second kappa shape index (κ2) is 15.7. The van der Waals surface area contributed by atoms with Crippen LogP contribution in [-0.2, 0) is 21.0 Å². The van der Waals surface area contributed by atoms with Crippen LogP contribution in [0.15, 0.2) is 99.6 Å². The summed E-state index contributed by atoms with van der Waals surface area (Å²) >= 11 is 0. The van der Waals surface area contributed by atoms with E-state index in [4.69, 9.17) is 4.74 Å². The predicted octanol–water partition coefficient (Wildman–Crippen LogP) is 10.5. The van der Waals surface area contributed by atoms with Crippen LogP contribution in [0.2, 0.25) is 0 Å². The van der Waals surface area contributed by atoms with Crippen molar-refractivity contribution in [2.24, 2.45) is 0 Å². The Labute approximate surface area is 292 Å². The van der Waals surface area contributed by atoms with E-state index in [1.54, 1.807) is 0 Å². The molecule has 0 fully saturated rings. The zero-order valence-electron chi connectivity index (χ0n) is 26.1.